The first kappa shape index (κ1) is 20.2. The Bertz CT molecular complexity index is 881. The normalized spacial score (nSPS) is 20.0. The molecule has 7 heteroatoms. The van der Waals surface area contributed by atoms with Crippen LogP contribution in [0.15, 0.2) is 48.5 Å². The van der Waals surface area contributed by atoms with E-state index in [9.17, 15) is 9.59 Å². The number of carbonyl (C=O) groups excluding carboxylic acids is 2. The Hall–Kier alpha value is -2.57. The minimum atomic E-state index is -0.528. The van der Waals surface area contributed by atoms with E-state index in [1.54, 1.807) is 12.0 Å². The highest BCUT2D eigenvalue weighted by Gasteiger charge is 2.52. The van der Waals surface area contributed by atoms with Crippen molar-refractivity contribution in [2.45, 2.75) is 18.4 Å². The summed E-state index contributed by atoms with van der Waals surface area (Å²) in [6, 6.07) is 15.4. The second-order valence-corrected chi connectivity index (χ2v) is 7.01. The number of para-hydroxylation sites is 2. The number of fused-ring (bicyclic) bond motifs is 2. The smallest absolute Gasteiger partial charge is 0.240 e. The highest BCUT2D eigenvalue weighted by atomic mass is 35.5. The molecule has 148 valence electrons. The van der Waals surface area contributed by atoms with E-state index in [4.69, 9.17) is 4.74 Å². The predicted octanol–water partition coefficient (Wildman–Crippen LogP) is 2.01. The summed E-state index contributed by atoms with van der Waals surface area (Å²) >= 11 is 0. The van der Waals surface area contributed by atoms with Crippen LogP contribution in [0, 0.1) is 0 Å². The quantitative estimate of drug-likeness (QED) is 0.804. The number of amides is 2. The Labute approximate surface area is 170 Å². The Morgan fingerprint density at radius 1 is 1.21 bits per heavy atom. The molecule has 1 saturated heterocycles. The third-order valence-electron chi connectivity index (χ3n) is 5.49. The van der Waals surface area contributed by atoms with Crippen LogP contribution >= 0.6 is 12.4 Å². The summed E-state index contributed by atoms with van der Waals surface area (Å²) in [6.45, 7) is 1.82. The summed E-state index contributed by atoms with van der Waals surface area (Å²) in [5.74, 6) is 0.560. The zero-order valence-corrected chi connectivity index (χ0v) is 16.6. The molecule has 0 aliphatic carbocycles. The molecule has 0 radical (unpaired) electrons. The van der Waals surface area contributed by atoms with Crippen LogP contribution in [0.3, 0.4) is 0 Å². The maximum Gasteiger partial charge on any atom is 0.240 e. The number of anilines is 1. The van der Waals surface area contributed by atoms with Gasteiger partial charge in [0.05, 0.1) is 12.5 Å². The fourth-order valence-electron chi connectivity index (χ4n) is 4.10. The Kier molecular flexibility index (Phi) is 5.91. The molecule has 28 heavy (non-hydrogen) atoms. The number of hydrogen-bond donors (Lipinski definition) is 2. The summed E-state index contributed by atoms with van der Waals surface area (Å²) < 4.78 is 5.32. The van der Waals surface area contributed by atoms with Crippen LogP contribution in [0.25, 0.3) is 0 Å². The second kappa shape index (κ2) is 8.20. The lowest BCUT2D eigenvalue weighted by molar-refractivity contribution is -0.126. The number of nitrogens with zero attached hydrogens (tertiary/aromatic N) is 1. The van der Waals surface area contributed by atoms with Gasteiger partial charge < -0.3 is 20.3 Å². The van der Waals surface area contributed by atoms with E-state index in [-0.39, 0.29) is 30.8 Å². The average molecular weight is 402 g/mol. The number of halogens is 1. The molecule has 4 rings (SSSR count). The van der Waals surface area contributed by atoms with Crippen molar-refractivity contribution in [3.63, 3.8) is 0 Å². The SMILES string of the molecule is COc1ccccc1CNC(=O)CN1C(=O)C2(CCNC2)c2ccccc21.Cl. The van der Waals surface area contributed by atoms with Crippen LogP contribution in [-0.2, 0) is 21.5 Å². The molecule has 1 atom stereocenters. The summed E-state index contributed by atoms with van der Waals surface area (Å²) in [4.78, 5) is 27.4. The number of benzene rings is 2. The predicted molar refractivity (Wildman–Crippen MR) is 110 cm³/mol. The van der Waals surface area contributed by atoms with Crippen LogP contribution in [0.5, 0.6) is 5.75 Å². The molecule has 2 aromatic rings. The van der Waals surface area contributed by atoms with Gasteiger partial charge in [0.15, 0.2) is 0 Å². The third-order valence-corrected chi connectivity index (χ3v) is 5.49. The molecule has 1 unspecified atom stereocenters. The van der Waals surface area contributed by atoms with Gasteiger partial charge >= 0.3 is 0 Å². The molecule has 0 saturated carbocycles. The standard InChI is InChI=1S/C21H23N3O3.ClH/c1-27-18-9-5-2-6-15(18)12-23-19(25)13-24-17-8-4-3-7-16(17)21(20(24)26)10-11-22-14-21;/h2-9,22H,10-14H2,1H3,(H,23,25);1H. The van der Waals surface area contributed by atoms with E-state index >= 15 is 0 Å². The Morgan fingerprint density at radius 2 is 1.96 bits per heavy atom. The van der Waals surface area contributed by atoms with Crippen molar-refractivity contribution in [3.8, 4) is 5.75 Å². The van der Waals surface area contributed by atoms with Crippen LogP contribution in [0.4, 0.5) is 5.69 Å². The van der Waals surface area contributed by atoms with Crippen molar-refractivity contribution >= 4 is 29.9 Å². The van der Waals surface area contributed by atoms with Crippen LogP contribution in [0.1, 0.15) is 17.5 Å². The molecule has 2 N–H and O–H groups in total. The zero-order valence-electron chi connectivity index (χ0n) is 15.7. The summed E-state index contributed by atoms with van der Waals surface area (Å²) in [5, 5.41) is 6.20. The molecule has 0 aromatic heterocycles. The Balaban J connectivity index is 0.00000225. The topological polar surface area (TPSA) is 70.7 Å². The number of methoxy groups -OCH3 is 1. The van der Waals surface area contributed by atoms with Gasteiger partial charge in [0, 0.05) is 24.3 Å². The molecule has 2 aromatic carbocycles. The van der Waals surface area contributed by atoms with Gasteiger partial charge in [0.1, 0.15) is 12.3 Å². The molecule has 2 aliphatic heterocycles. The van der Waals surface area contributed by atoms with E-state index in [0.29, 0.717) is 13.1 Å². The van der Waals surface area contributed by atoms with E-state index in [1.165, 1.54) is 0 Å². The first-order valence-electron chi connectivity index (χ1n) is 9.16. The number of carbonyl (C=O) groups is 2. The molecular weight excluding hydrogens is 378 g/mol. The minimum Gasteiger partial charge on any atom is -0.496 e. The van der Waals surface area contributed by atoms with E-state index in [2.05, 4.69) is 10.6 Å². The van der Waals surface area contributed by atoms with E-state index in [1.807, 2.05) is 48.5 Å². The fourth-order valence-corrected chi connectivity index (χ4v) is 4.10. The molecular formula is C21H24ClN3O3. The van der Waals surface area contributed by atoms with Crippen molar-refractivity contribution in [1.82, 2.24) is 10.6 Å². The van der Waals surface area contributed by atoms with Crippen LogP contribution in [-0.4, -0.2) is 38.6 Å². The van der Waals surface area contributed by atoms with Gasteiger partial charge in [-0.15, -0.1) is 12.4 Å². The maximum absolute atomic E-state index is 13.2. The molecule has 1 spiro atoms. The monoisotopic (exact) mass is 401 g/mol. The number of rotatable bonds is 5. The number of nitrogens with one attached hydrogen (secondary N) is 2. The van der Waals surface area contributed by atoms with Crippen molar-refractivity contribution in [2.75, 3.05) is 31.6 Å². The molecule has 2 heterocycles. The highest BCUT2D eigenvalue weighted by molar-refractivity contribution is 6.11. The highest BCUT2D eigenvalue weighted by Crippen LogP contribution is 2.45. The third kappa shape index (κ3) is 3.34. The molecule has 2 aliphatic rings. The lowest BCUT2D eigenvalue weighted by Gasteiger charge is -2.22. The first-order chi connectivity index (χ1) is 13.2. The lowest BCUT2D eigenvalue weighted by Crippen LogP contribution is -2.45. The summed E-state index contributed by atoms with van der Waals surface area (Å²) in [6.07, 6.45) is 0.766. The molecule has 6 nitrogen and oxygen atoms in total. The Morgan fingerprint density at radius 3 is 2.71 bits per heavy atom. The second-order valence-electron chi connectivity index (χ2n) is 7.01. The molecule has 0 bridgehead atoms. The van der Waals surface area contributed by atoms with Gasteiger partial charge in [-0.25, -0.2) is 0 Å². The fraction of sp³-hybridized carbons (Fsp3) is 0.333. The van der Waals surface area contributed by atoms with Crippen LogP contribution < -0.4 is 20.3 Å². The number of hydrogen-bond acceptors (Lipinski definition) is 4. The number of ether oxygens (including phenoxy) is 1. The van der Waals surface area contributed by atoms with Gasteiger partial charge in [-0.1, -0.05) is 36.4 Å². The van der Waals surface area contributed by atoms with Crippen molar-refractivity contribution in [2.24, 2.45) is 0 Å². The average Bonchev–Trinajstić information content (AvgIpc) is 3.28. The van der Waals surface area contributed by atoms with E-state index < -0.39 is 5.41 Å². The van der Waals surface area contributed by atoms with Crippen LogP contribution in [0.2, 0.25) is 0 Å². The van der Waals surface area contributed by atoms with Crippen molar-refractivity contribution in [1.29, 1.82) is 0 Å². The van der Waals surface area contributed by atoms with Gasteiger partial charge in [-0.05, 0) is 30.7 Å². The lowest BCUT2D eigenvalue weighted by atomic mass is 9.81. The largest absolute Gasteiger partial charge is 0.496 e. The minimum absolute atomic E-state index is 0. The maximum atomic E-state index is 13.2. The molecule has 1 fully saturated rings. The summed E-state index contributed by atoms with van der Waals surface area (Å²) in [5.41, 5.74) is 2.24. The van der Waals surface area contributed by atoms with Crippen molar-refractivity contribution < 1.29 is 14.3 Å². The summed E-state index contributed by atoms with van der Waals surface area (Å²) in [7, 11) is 1.61. The van der Waals surface area contributed by atoms with Crippen molar-refractivity contribution in [3.05, 3.63) is 59.7 Å². The van der Waals surface area contributed by atoms with Gasteiger partial charge in [0.25, 0.3) is 0 Å². The van der Waals surface area contributed by atoms with Gasteiger partial charge in [-0.2, -0.15) is 0 Å². The van der Waals surface area contributed by atoms with E-state index in [0.717, 1.165) is 35.5 Å². The molecule has 2 amide bonds. The van der Waals surface area contributed by atoms with Gasteiger partial charge in [-0.3, -0.25) is 9.59 Å². The zero-order chi connectivity index (χ0) is 18.9. The first-order valence-corrected chi connectivity index (χ1v) is 9.16. The van der Waals surface area contributed by atoms with Gasteiger partial charge in [0.2, 0.25) is 11.8 Å².